The van der Waals surface area contributed by atoms with Gasteiger partial charge in [-0.1, -0.05) is 12.2 Å². The highest BCUT2D eigenvalue weighted by Crippen LogP contribution is 2.17. The Balaban J connectivity index is 2.38. The number of hydrogen-bond acceptors (Lipinski definition) is 3. The molecule has 0 bridgehead atoms. The van der Waals surface area contributed by atoms with Crippen LogP contribution in [-0.4, -0.2) is 54.1 Å². The lowest BCUT2D eigenvalue weighted by atomic mass is 10.0. The van der Waals surface area contributed by atoms with Gasteiger partial charge in [0.15, 0.2) is 0 Å². The number of piperidine rings is 1. The van der Waals surface area contributed by atoms with E-state index in [9.17, 15) is 0 Å². The van der Waals surface area contributed by atoms with Crippen molar-refractivity contribution in [3.05, 3.63) is 0 Å². The smallest absolute Gasteiger partial charge is 0.0742 e. The number of nitrogens with zero attached hydrogens (tertiary/aromatic N) is 2. The maximum Gasteiger partial charge on any atom is 0.0742 e. The fraction of sp³-hybridized carbons (Fsp3) is 0.909. The second-order valence-corrected chi connectivity index (χ2v) is 5.24. The van der Waals surface area contributed by atoms with Gasteiger partial charge in [0.05, 0.1) is 4.99 Å². The van der Waals surface area contributed by atoms with Crippen molar-refractivity contribution in [3.8, 4) is 0 Å². The second kappa shape index (κ2) is 5.77. The van der Waals surface area contributed by atoms with E-state index in [1.54, 1.807) is 0 Å². The molecule has 0 aromatic carbocycles. The van der Waals surface area contributed by atoms with Crippen molar-refractivity contribution in [1.29, 1.82) is 0 Å². The Kier molecular flexibility index (Phi) is 4.96. The first kappa shape index (κ1) is 12.9. The van der Waals surface area contributed by atoms with Gasteiger partial charge in [0.1, 0.15) is 0 Å². The van der Waals surface area contributed by atoms with Crippen LogP contribution in [0, 0.1) is 0 Å². The van der Waals surface area contributed by atoms with Gasteiger partial charge in [0.25, 0.3) is 0 Å². The SMILES string of the molecule is CC(CC(N)=S)N(C)C1CCN(C)CC1. The molecular formula is C11H23N3S. The molecule has 2 N–H and O–H groups in total. The Labute approximate surface area is 98.6 Å². The topological polar surface area (TPSA) is 32.5 Å². The van der Waals surface area contributed by atoms with E-state index in [2.05, 4.69) is 30.8 Å². The van der Waals surface area contributed by atoms with Gasteiger partial charge in [0, 0.05) is 18.5 Å². The number of nitrogens with two attached hydrogens (primary N) is 1. The highest BCUT2D eigenvalue weighted by atomic mass is 32.1. The van der Waals surface area contributed by atoms with Crippen LogP contribution in [0.3, 0.4) is 0 Å². The molecule has 4 heteroatoms. The van der Waals surface area contributed by atoms with Crippen molar-refractivity contribution >= 4 is 17.2 Å². The minimum atomic E-state index is 0.468. The molecular weight excluding hydrogens is 206 g/mol. The third-order valence-corrected chi connectivity index (χ3v) is 3.62. The molecule has 1 unspecified atom stereocenters. The lowest BCUT2D eigenvalue weighted by Crippen LogP contribution is -2.46. The Morgan fingerprint density at radius 1 is 1.53 bits per heavy atom. The predicted molar refractivity (Wildman–Crippen MR) is 69.1 cm³/mol. The lowest BCUT2D eigenvalue weighted by molar-refractivity contribution is 0.116. The summed E-state index contributed by atoms with van der Waals surface area (Å²) in [6.45, 7) is 4.61. The first-order chi connectivity index (χ1) is 7.00. The van der Waals surface area contributed by atoms with Crippen LogP contribution in [0.2, 0.25) is 0 Å². The maximum atomic E-state index is 5.58. The second-order valence-electron chi connectivity index (χ2n) is 4.72. The number of hydrogen-bond donors (Lipinski definition) is 1. The van der Waals surface area contributed by atoms with Crippen molar-refractivity contribution in [1.82, 2.24) is 9.80 Å². The minimum Gasteiger partial charge on any atom is -0.393 e. The summed E-state index contributed by atoms with van der Waals surface area (Å²) >= 11 is 4.95. The quantitative estimate of drug-likeness (QED) is 0.731. The molecule has 1 fully saturated rings. The molecule has 0 amide bonds. The van der Waals surface area contributed by atoms with E-state index >= 15 is 0 Å². The fourth-order valence-corrected chi connectivity index (χ4v) is 2.44. The van der Waals surface area contributed by atoms with Gasteiger partial charge in [0.2, 0.25) is 0 Å². The maximum absolute atomic E-state index is 5.58. The Morgan fingerprint density at radius 3 is 2.53 bits per heavy atom. The van der Waals surface area contributed by atoms with E-state index in [1.807, 2.05) is 0 Å². The van der Waals surface area contributed by atoms with Crippen LogP contribution in [-0.2, 0) is 0 Å². The summed E-state index contributed by atoms with van der Waals surface area (Å²) in [5.74, 6) is 0. The molecule has 1 aliphatic heterocycles. The molecule has 1 heterocycles. The van der Waals surface area contributed by atoms with Gasteiger partial charge < -0.3 is 15.5 Å². The molecule has 1 saturated heterocycles. The predicted octanol–water partition coefficient (Wildman–Crippen LogP) is 1.08. The summed E-state index contributed by atoms with van der Waals surface area (Å²) in [6, 6.07) is 1.17. The van der Waals surface area contributed by atoms with Gasteiger partial charge in [-0.2, -0.15) is 0 Å². The van der Waals surface area contributed by atoms with Crippen LogP contribution in [0.25, 0.3) is 0 Å². The minimum absolute atomic E-state index is 0.468. The Morgan fingerprint density at radius 2 is 2.07 bits per heavy atom. The molecule has 0 radical (unpaired) electrons. The molecule has 0 aromatic rings. The van der Waals surface area contributed by atoms with Crippen molar-refractivity contribution in [2.45, 2.75) is 38.3 Å². The standard InChI is InChI=1S/C11H23N3S/c1-9(8-11(12)15)14(3)10-4-6-13(2)7-5-10/h9-10H,4-8H2,1-3H3,(H2,12,15). The monoisotopic (exact) mass is 229 g/mol. The van der Waals surface area contributed by atoms with E-state index in [4.69, 9.17) is 18.0 Å². The van der Waals surface area contributed by atoms with Crippen molar-refractivity contribution < 1.29 is 0 Å². The van der Waals surface area contributed by atoms with Crippen molar-refractivity contribution in [2.24, 2.45) is 5.73 Å². The van der Waals surface area contributed by atoms with Crippen LogP contribution in [0.1, 0.15) is 26.2 Å². The third-order valence-electron chi connectivity index (χ3n) is 3.46. The molecule has 1 rings (SSSR count). The van der Waals surface area contributed by atoms with Gasteiger partial charge >= 0.3 is 0 Å². The summed E-state index contributed by atoms with van der Waals surface area (Å²) in [4.78, 5) is 5.46. The first-order valence-corrected chi connectivity index (χ1v) is 6.10. The van der Waals surface area contributed by atoms with Crippen LogP contribution < -0.4 is 5.73 Å². The molecule has 0 aliphatic carbocycles. The summed E-state index contributed by atoms with van der Waals surface area (Å²) in [7, 11) is 4.38. The summed E-state index contributed by atoms with van der Waals surface area (Å²) in [5, 5.41) is 0. The lowest BCUT2D eigenvalue weighted by Gasteiger charge is -2.38. The molecule has 0 aromatic heterocycles. The number of thiocarbonyl (C=S) groups is 1. The molecule has 3 nitrogen and oxygen atoms in total. The molecule has 15 heavy (non-hydrogen) atoms. The third kappa shape index (κ3) is 4.05. The molecule has 1 aliphatic rings. The Bertz CT molecular complexity index is 212. The van der Waals surface area contributed by atoms with Crippen molar-refractivity contribution in [3.63, 3.8) is 0 Å². The van der Waals surface area contributed by atoms with Gasteiger partial charge in [-0.15, -0.1) is 0 Å². The van der Waals surface area contributed by atoms with Crippen LogP contribution >= 0.6 is 12.2 Å². The summed E-state index contributed by atoms with van der Waals surface area (Å²) < 4.78 is 0. The summed E-state index contributed by atoms with van der Waals surface area (Å²) in [6.07, 6.45) is 3.35. The zero-order valence-electron chi connectivity index (χ0n) is 10.1. The first-order valence-electron chi connectivity index (χ1n) is 5.69. The van der Waals surface area contributed by atoms with E-state index in [0.717, 1.165) is 6.42 Å². The normalized spacial score (nSPS) is 21.9. The number of rotatable bonds is 4. The van der Waals surface area contributed by atoms with Gasteiger partial charge in [-0.3, -0.25) is 0 Å². The average Bonchev–Trinajstić information content (AvgIpc) is 2.17. The largest absolute Gasteiger partial charge is 0.393 e. The molecule has 0 spiro atoms. The van der Waals surface area contributed by atoms with Gasteiger partial charge in [-0.25, -0.2) is 0 Å². The fourth-order valence-electron chi connectivity index (χ4n) is 2.20. The van der Waals surface area contributed by atoms with E-state index < -0.39 is 0 Å². The van der Waals surface area contributed by atoms with Crippen molar-refractivity contribution in [2.75, 3.05) is 27.2 Å². The average molecular weight is 229 g/mol. The zero-order valence-corrected chi connectivity index (χ0v) is 10.9. The summed E-state index contributed by atoms with van der Waals surface area (Å²) in [5.41, 5.74) is 5.58. The van der Waals surface area contributed by atoms with E-state index in [1.165, 1.54) is 25.9 Å². The van der Waals surface area contributed by atoms with Crippen LogP contribution in [0.15, 0.2) is 0 Å². The van der Waals surface area contributed by atoms with E-state index in [0.29, 0.717) is 17.1 Å². The van der Waals surface area contributed by atoms with E-state index in [-0.39, 0.29) is 0 Å². The van der Waals surface area contributed by atoms with Crippen LogP contribution in [0.4, 0.5) is 0 Å². The zero-order chi connectivity index (χ0) is 11.4. The molecule has 1 atom stereocenters. The van der Waals surface area contributed by atoms with Crippen LogP contribution in [0.5, 0.6) is 0 Å². The molecule has 0 saturated carbocycles. The van der Waals surface area contributed by atoms with Gasteiger partial charge in [-0.05, 0) is 47.0 Å². The Hall–Kier alpha value is -0.190. The highest BCUT2D eigenvalue weighted by molar-refractivity contribution is 7.80. The molecule has 88 valence electrons. The highest BCUT2D eigenvalue weighted by Gasteiger charge is 2.23. The number of likely N-dealkylation sites (tertiary alicyclic amines) is 1.